The van der Waals surface area contributed by atoms with Crippen LogP contribution in [0.5, 0.6) is 0 Å². The lowest BCUT2D eigenvalue weighted by Gasteiger charge is -2.07. The minimum Gasteiger partial charge on any atom is -0.396 e. The lowest BCUT2D eigenvalue weighted by atomic mass is 10.0. The summed E-state index contributed by atoms with van der Waals surface area (Å²) in [6.07, 6.45) is 10.6. The highest BCUT2D eigenvalue weighted by atomic mass is 16.3. The molecule has 0 aromatic carbocycles. The summed E-state index contributed by atoms with van der Waals surface area (Å²) < 4.78 is 0. The standard InChI is InChI=1S/C13H26O/c1-4-5-7-12(2)8-6-9-13(3)10-11-14/h6,8,12-14H,4-5,7,9-11H2,1-3H3/b8-6+/t12-,13-/m1/s1. The molecule has 0 aliphatic rings. The first-order chi connectivity index (χ1) is 6.70. The van der Waals surface area contributed by atoms with Gasteiger partial charge in [0.2, 0.25) is 0 Å². The van der Waals surface area contributed by atoms with E-state index in [1.165, 1.54) is 19.3 Å². The first-order valence-electron chi connectivity index (χ1n) is 5.98. The van der Waals surface area contributed by atoms with Gasteiger partial charge in [-0.3, -0.25) is 0 Å². The summed E-state index contributed by atoms with van der Waals surface area (Å²) in [6, 6.07) is 0. The van der Waals surface area contributed by atoms with Crippen molar-refractivity contribution < 1.29 is 5.11 Å². The predicted octanol–water partition coefficient (Wildman–Crippen LogP) is 3.78. The van der Waals surface area contributed by atoms with Gasteiger partial charge in [-0.15, -0.1) is 0 Å². The molecule has 0 aliphatic carbocycles. The lowest BCUT2D eigenvalue weighted by Crippen LogP contribution is -1.96. The molecule has 0 saturated heterocycles. The van der Waals surface area contributed by atoms with Crippen LogP contribution in [0.4, 0.5) is 0 Å². The molecule has 0 saturated carbocycles. The molecule has 0 spiro atoms. The molecule has 0 aromatic rings. The fourth-order valence-corrected chi connectivity index (χ4v) is 1.50. The van der Waals surface area contributed by atoms with Crippen LogP contribution < -0.4 is 0 Å². The number of hydrogen-bond donors (Lipinski definition) is 1. The molecule has 0 fully saturated rings. The van der Waals surface area contributed by atoms with Crippen LogP contribution >= 0.6 is 0 Å². The van der Waals surface area contributed by atoms with Crippen molar-refractivity contribution in [3.63, 3.8) is 0 Å². The summed E-state index contributed by atoms with van der Waals surface area (Å²) in [6.45, 7) is 7.03. The summed E-state index contributed by atoms with van der Waals surface area (Å²) in [4.78, 5) is 0. The number of rotatable bonds is 8. The second kappa shape index (κ2) is 9.26. The van der Waals surface area contributed by atoms with Gasteiger partial charge in [-0.25, -0.2) is 0 Å². The average Bonchev–Trinajstić information content (AvgIpc) is 2.15. The highest BCUT2D eigenvalue weighted by molar-refractivity contribution is 4.87. The zero-order valence-corrected chi connectivity index (χ0v) is 10.00. The Hall–Kier alpha value is -0.300. The second-order valence-corrected chi connectivity index (χ2v) is 4.40. The second-order valence-electron chi connectivity index (χ2n) is 4.40. The van der Waals surface area contributed by atoms with Crippen LogP contribution in [-0.2, 0) is 0 Å². The number of unbranched alkanes of at least 4 members (excludes halogenated alkanes) is 1. The molecule has 0 rings (SSSR count). The smallest absolute Gasteiger partial charge is 0.0433 e. The topological polar surface area (TPSA) is 20.2 Å². The Kier molecular flexibility index (Phi) is 9.06. The third-order valence-electron chi connectivity index (χ3n) is 2.64. The van der Waals surface area contributed by atoms with Crippen LogP contribution in [0, 0.1) is 11.8 Å². The molecule has 0 radical (unpaired) electrons. The molecule has 0 heterocycles. The van der Waals surface area contributed by atoms with Gasteiger partial charge in [0.1, 0.15) is 0 Å². The van der Waals surface area contributed by atoms with Crippen molar-refractivity contribution in [1.82, 2.24) is 0 Å². The Labute approximate surface area is 89.2 Å². The minimum atomic E-state index is 0.320. The van der Waals surface area contributed by atoms with Gasteiger partial charge in [0.15, 0.2) is 0 Å². The van der Waals surface area contributed by atoms with E-state index in [1.807, 2.05) is 0 Å². The molecule has 0 aliphatic heterocycles. The zero-order valence-electron chi connectivity index (χ0n) is 10.00. The fraction of sp³-hybridized carbons (Fsp3) is 0.846. The maximum Gasteiger partial charge on any atom is 0.0433 e. The molecular weight excluding hydrogens is 172 g/mol. The number of aliphatic hydroxyl groups excluding tert-OH is 1. The van der Waals surface area contributed by atoms with Crippen LogP contribution in [0.15, 0.2) is 12.2 Å². The van der Waals surface area contributed by atoms with Gasteiger partial charge in [0.05, 0.1) is 0 Å². The fourth-order valence-electron chi connectivity index (χ4n) is 1.50. The van der Waals surface area contributed by atoms with E-state index in [-0.39, 0.29) is 0 Å². The molecule has 2 atom stereocenters. The summed E-state index contributed by atoms with van der Waals surface area (Å²) in [5, 5.41) is 8.74. The van der Waals surface area contributed by atoms with Crippen LogP contribution in [-0.4, -0.2) is 11.7 Å². The Morgan fingerprint density at radius 1 is 1.21 bits per heavy atom. The van der Waals surface area contributed by atoms with E-state index in [1.54, 1.807) is 0 Å². The molecule has 84 valence electrons. The van der Waals surface area contributed by atoms with Crippen LogP contribution in [0.2, 0.25) is 0 Å². The largest absolute Gasteiger partial charge is 0.396 e. The van der Waals surface area contributed by atoms with Crippen molar-refractivity contribution in [3.8, 4) is 0 Å². The Bertz CT molecular complexity index is 140. The van der Waals surface area contributed by atoms with Gasteiger partial charge >= 0.3 is 0 Å². The molecule has 0 unspecified atom stereocenters. The summed E-state index contributed by atoms with van der Waals surface area (Å²) in [5.41, 5.74) is 0. The van der Waals surface area contributed by atoms with Gasteiger partial charge < -0.3 is 5.11 Å². The average molecular weight is 198 g/mol. The number of hydrogen-bond acceptors (Lipinski definition) is 1. The van der Waals surface area contributed by atoms with E-state index < -0.39 is 0 Å². The number of allylic oxidation sites excluding steroid dienone is 2. The molecule has 0 amide bonds. The minimum absolute atomic E-state index is 0.320. The molecule has 1 N–H and O–H groups in total. The SMILES string of the molecule is CCCC[C@@H](C)/C=C/C[C@@H](C)CCO. The Balaban J connectivity index is 3.49. The van der Waals surface area contributed by atoms with E-state index in [2.05, 4.69) is 32.9 Å². The van der Waals surface area contributed by atoms with Crippen molar-refractivity contribution in [2.45, 2.75) is 52.9 Å². The van der Waals surface area contributed by atoms with Crippen molar-refractivity contribution in [3.05, 3.63) is 12.2 Å². The van der Waals surface area contributed by atoms with E-state index in [4.69, 9.17) is 5.11 Å². The predicted molar refractivity (Wildman–Crippen MR) is 63.3 cm³/mol. The van der Waals surface area contributed by atoms with Gasteiger partial charge in [0.25, 0.3) is 0 Å². The first-order valence-corrected chi connectivity index (χ1v) is 5.98. The summed E-state index contributed by atoms with van der Waals surface area (Å²) >= 11 is 0. The van der Waals surface area contributed by atoms with Crippen molar-refractivity contribution >= 4 is 0 Å². The van der Waals surface area contributed by atoms with Crippen molar-refractivity contribution in [2.24, 2.45) is 11.8 Å². The van der Waals surface area contributed by atoms with Gasteiger partial charge in [0, 0.05) is 6.61 Å². The third-order valence-corrected chi connectivity index (χ3v) is 2.64. The van der Waals surface area contributed by atoms with Crippen LogP contribution in [0.3, 0.4) is 0 Å². The van der Waals surface area contributed by atoms with Crippen molar-refractivity contribution in [2.75, 3.05) is 6.61 Å². The quantitative estimate of drug-likeness (QED) is 0.588. The Morgan fingerprint density at radius 3 is 2.50 bits per heavy atom. The normalized spacial score (nSPS) is 16.0. The summed E-state index contributed by atoms with van der Waals surface area (Å²) in [5.74, 6) is 1.34. The molecule has 14 heavy (non-hydrogen) atoms. The monoisotopic (exact) mass is 198 g/mol. The number of aliphatic hydroxyl groups is 1. The lowest BCUT2D eigenvalue weighted by molar-refractivity contribution is 0.263. The maximum absolute atomic E-state index is 8.74. The maximum atomic E-state index is 8.74. The van der Waals surface area contributed by atoms with Gasteiger partial charge in [-0.1, -0.05) is 45.8 Å². The summed E-state index contributed by atoms with van der Waals surface area (Å²) in [7, 11) is 0. The van der Waals surface area contributed by atoms with Crippen molar-refractivity contribution in [1.29, 1.82) is 0 Å². The molecule has 1 nitrogen and oxygen atoms in total. The zero-order chi connectivity index (χ0) is 10.8. The first kappa shape index (κ1) is 13.7. The molecule has 1 heteroatoms. The van der Waals surface area contributed by atoms with Crippen LogP contribution in [0.1, 0.15) is 52.9 Å². The van der Waals surface area contributed by atoms with Crippen LogP contribution in [0.25, 0.3) is 0 Å². The molecule has 0 bridgehead atoms. The van der Waals surface area contributed by atoms with E-state index in [0.717, 1.165) is 18.8 Å². The third kappa shape index (κ3) is 8.31. The van der Waals surface area contributed by atoms with E-state index in [0.29, 0.717) is 12.5 Å². The van der Waals surface area contributed by atoms with E-state index >= 15 is 0 Å². The molecular formula is C13H26O. The van der Waals surface area contributed by atoms with Gasteiger partial charge in [-0.2, -0.15) is 0 Å². The molecule has 0 aromatic heterocycles. The van der Waals surface area contributed by atoms with E-state index in [9.17, 15) is 0 Å². The highest BCUT2D eigenvalue weighted by Gasteiger charge is 1.99. The Morgan fingerprint density at radius 2 is 1.93 bits per heavy atom. The highest BCUT2D eigenvalue weighted by Crippen LogP contribution is 2.12. The van der Waals surface area contributed by atoms with Gasteiger partial charge in [-0.05, 0) is 31.1 Å².